The Morgan fingerprint density at radius 2 is 1.72 bits per heavy atom. The van der Waals surface area contributed by atoms with E-state index in [0.717, 1.165) is 10.9 Å². The van der Waals surface area contributed by atoms with Gasteiger partial charge in [-0.25, -0.2) is 4.21 Å². The number of hydrogen-bond acceptors (Lipinski definition) is 2. The molecule has 18 heavy (non-hydrogen) atoms. The lowest BCUT2D eigenvalue weighted by molar-refractivity contribution is 0.328. The summed E-state index contributed by atoms with van der Waals surface area (Å²) < 4.78 is 17.0. The standard InChI is InChI=1S/C15H18O2S/c1-15(2,3)18(16)17-11-13-9-6-8-12-7-4-5-10-14(12)13/h4-10H,11H2,1-3H3. The van der Waals surface area contributed by atoms with Gasteiger partial charge in [0.2, 0.25) is 0 Å². The second-order valence-electron chi connectivity index (χ2n) is 5.25. The van der Waals surface area contributed by atoms with Crippen LogP contribution in [0.25, 0.3) is 10.8 Å². The van der Waals surface area contributed by atoms with Crippen molar-refractivity contribution in [2.75, 3.05) is 0 Å². The van der Waals surface area contributed by atoms with E-state index in [1.54, 1.807) is 0 Å². The first-order chi connectivity index (χ1) is 8.48. The Morgan fingerprint density at radius 1 is 1.06 bits per heavy atom. The fraction of sp³-hybridized carbons (Fsp3) is 0.333. The molecule has 0 radical (unpaired) electrons. The summed E-state index contributed by atoms with van der Waals surface area (Å²) in [5, 5.41) is 2.34. The third-order valence-electron chi connectivity index (χ3n) is 2.70. The largest absolute Gasteiger partial charge is 0.285 e. The summed E-state index contributed by atoms with van der Waals surface area (Å²) in [7, 11) is 0. The molecule has 0 aliphatic heterocycles. The van der Waals surface area contributed by atoms with E-state index >= 15 is 0 Å². The van der Waals surface area contributed by atoms with E-state index in [0.29, 0.717) is 6.61 Å². The van der Waals surface area contributed by atoms with Crippen LogP contribution >= 0.6 is 0 Å². The highest BCUT2D eigenvalue weighted by atomic mass is 32.2. The summed E-state index contributed by atoms with van der Waals surface area (Å²) in [6.45, 7) is 6.11. The number of hydrogen-bond donors (Lipinski definition) is 0. The lowest BCUT2D eigenvalue weighted by Gasteiger charge is -2.17. The van der Waals surface area contributed by atoms with Crippen molar-refractivity contribution < 1.29 is 8.39 Å². The zero-order valence-corrected chi connectivity index (χ0v) is 11.8. The molecule has 0 saturated heterocycles. The van der Waals surface area contributed by atoms with Crippen LogP contribution in [-0.4, -0.2) is 8.96 Å². The van der Waals surface area contributed by atoms with Crippen LogP contribution < -0.4 is 0 Å². The normalized spacial score (nSPS) is 13.7. The summed E-state index contributed by atoms with van der Waals surface area (Å²) in [4.78, 5) is 0. The van der Waals surface area contributed by atoms with E-state index in [-0.39, 0.29) is 4.75 Å². The van der Waals surface area contributed by atoms with Gasteiger partial charge in [0.05, 0.1) is 11.4 Å². The smallest absolute Gasteiger partial charge is 0.161 e. The summed E-state index contributed by atoms with van der Waals surface area (Å²) in [6, 6.07) is 14.2. The first-order valence-electron chi connectivity index (χ1n) is 6.00. The lowest BCUT2D eigenvalue weighted by Crippen LogP contribution is -2.23. The molecule has 0 amide bonds. The molecule has 3 heteroatoms. The molecule has 0 fully saturated rings. The molecule has 2 aromatic rings. The fourth-order valence-corrected chi connectivity index (χ4v) is 2.30. The van der Waals surface area contributed by atoms with Gasteiger partial charge in [-0.2, -0.15) is 0 Å². The van der Waals surface area contributed by atoms with Crippen LogP contribution in [0.2, 0.25) is 0 Å². The van der Waals surface area contributed by atoms with Crippen molar-refractivity contribution in [3.63, 3.8) is 0 Å². The molecule has 0 saturated carbocycles. The summed E-state index contributed by atoms with van der Waals surface area (Å²) in [6.07, 6.45) is 0. The maximum Gasteiger partial charge on any atom is 0.161 e. The third-order valence-corrected chi connectivity index (χ3v) is 4.03. The quantitative estimate of drug-likeness (QED) is 0.840. The van der Waals surface area contributed by atoms with E-state index < -0.39 is 11.1 Å². The Bertz CT molecular complexity index is 565. The van der Waals surface area contributed by atoms with Crippen molar-refractivity contribution in [2.24, 2.45) is 0 Å². The van der Waals surface area contributed by atoms with Crippen LogP contribution in [0.4, 0.5) is 0 Å². The maximum absolute atomic E-state index is 11.9. The van der Waals surface area contributed by atoms with Crippen LogP contribution in [0.3, 0.4) is 0 Å². The minimum atomic E-state index is -1.28. The van der Waals surface area contributed by atoms with Crippen LogP contribution in [0.15, 0.2) is 42.5 Å². The predicted octanol–water partition coefficient (Wildman–Crippen LogP) is 3.82. The van der Waals surface area contributed by atoms with Crippen LogP contribution in [0.5, 0.6) is 0 Å². The van der Waals surface area contributed by atoms with E-state index in [2.05, 4.69) is 18.2 Å². The highest BCUT2D eigenvalue weighted by Gasteiger charge is 2.20. The van der Waals surface area contributed by atoms with Crippen molar-refractivity contribution in [3.05, 3.63) is 48.0 Å². The molecule has 96 valence electrons. The average Bonchev–Trinajstić information content (AvgIpc) is 2.34. The van der Waals surface area contributed by atoms with Gasteiger partial charge in [0, 0.05) is 0 Å². The van der Waals surface area contributed by atoms with Gasteiger partial charge in [0.15, 0.2) is 11.1 Å². The SMILES string of the molecule is CC(C)(C)S(=O)OCc1cccc2ccccc12. The Morgan fingerprint density at radius 3 is 2.44 bits per heavy atom. The molecule has 2 nitrogen and oxygen atoms in total. The van der Waals surface area contributed by atoms with E-state index in [1.807, 2.05) is 45.0 Å². The van der Waals surface area contributed by atoms with Crippen LogP contribution in [-0.2, 0) is 21.9 Å². The monoisotopic (exact) mass is 262 g/mol. The molecule has 1 atom stereocenters. The average molecular weight is 262 g/mol. The highest BCUT2D eigenvalue weighted by Crippen LogP contribution is 2.21. The Hall–Kier alpha value is -1.19. The van der Waals surface area contributed by atoms with Crippen molar-refractivity contribution >= 4 is 21.9 Å². The van der Waals surface area contributed by atoms with Gasteiger partial charge in [-0.15, -0.1) is 0 Å². The van der Waals surface area contributed by atoms with E-state index in [4.69, 9.17) is 4.18 Å². The van der Waals surface area contributed by atoms with E-state index in [1.165, 1.54) is 5.39 Å². The second-order valence-corrected chi connectivity index (χ2v) is 7.18. The molecule has 1 unspecified atom stereocenters. The molecule has 0 bridgehead atoms. The molecule has 2 aromatic carbocycles. The Balaban J connectivity index is 2.20. The van der Waals surface area contributed by atoms with Gasteiger partial charge in [0.1, 0.15) is 0 Å². The molecular formula is C15H18O2S. The first-order valence-corrected chi connectivity index (χ1v) is 7.08. The minimum Gasteiger partial charge on any atom is -0.285 e. The third kappa shape index (κ3) is 2.98. The molecule has 2 rings (SSSR count). The molecule has 0 aliphatic carbocycles. The van der Waals surface area contributed by atoms with Gasteiger partial charge in [-0.05, 0) is 37.1 Å². The molecule has 0 spiro atoms. The van der Waals surface area contributed by atoms with Gasteiger partial charge in [0.25, 0.3) is 0 Å². The number of rotatable bonds is 3. The zero-order valence-electron chi connectivity index (χ0n) is 11.0. The van der Waals surface area contributed by atoms with Gasteiger partial charge < -0.3 is 0 Å². The van der Waals surface area contributed by atoms with Crippen molar-refractivity contribution in [2.45, 2.75) is 32.1 Å². The van der Waals surface area contributed by atoms with Crippen LogP contribution in [0.1, 0.15) is 26.3 Å². The first kappa shape index (κ1) is 13.2. The van der Waals surface area contributed by atoms with Crippen molar-refractivity contribution in [1.82, 2.24) is 0 Å². The Kier molecular flexibility index (Phi) is 3.83. The predicted molar refractivity (Wildman–Crippen MR) is 76.6 cm³/mol. The zero-order chi connectivity index (χ0) is 13.2. The topological polar surface area (TPSA) is 26.3 Å². The molecule has 0 heterocycles. The number of fused-ring (bicyclic) bond motifs is 1. The van der Waals surface area contributed by atoms with Gasteiger partial charge >= 0.3 is 0 Å². The van der Waals surface area contributed by atoms with Gasteiger partial charge in [-0.3, -0.25) is 4.18 Å². The molecule has 0 aromatic heterocycles. The van der Waals surface area contributed by atoms with Gasteiger partial charge in [-0.1, -0.05) is 42.5 Å². The molecule has 0 N–H and O–H groups in total. The molecule has 0 aliphatic rings. The fourth-order valence-electron chi connectivity index (χ4n) is 1.71. The maximum atomic E-state index is 11.9. The minimum absolute atomic E-state index is 0.343. The summed E-state index contributed by atoms with van der Waals surface area (Å²) >= 11 is -1.28. The van der Waals surface area contributed by atoms with Crippen molar-refractivity contribution in [3.8, 4) is 0 Å². The van der Waals surface area contributed by atoms with E-state index in [9.17, 15) is 4.21 Å². The Labute approximate surface area is 111 Å². The van der Waals surface area contributed by atoms with Crippen LogP contribution in [0, 0.1) is 0 Å². The summed E-state index contributed by atoms with van der Waals surface area (Å²) in [5.41, 5.74) is 1.07. The highest BCUT2D eigenvalue weighted by molar-refractivity contribution is 7.81. The molecular weight excluding hydrogens is 244 g/mol. The van der Waals surface area contributed by atoms with Crippen molar-refractivity contribution in [1.29, 1.82) is 0 Å². The second kappa shape index (κ2) is 5.21. The summed E-state index contributed by atoms with van der Waals surface area (Å²) in [5.74, 6) is 0. The lowest BCUT2D eigenvalue weighted by atomic mass is 10.1. The number of benzene rings is 2.